The molecule has 0 saturated heterocycles. The van der Waals surface area contributed by atoms with E-state index in [0.717, 1.165) is 18.7 Å². The molecule has 0 aliphatic carbocycles. The van der Waals surface area contributed by atoms with Gasteiger partial charge in [0, 0.05) is 25.7 Å². The monoisotopic (exact) mass is 278 g/mol. The van der Waals surface area contributed by atoms with Crippen LogP contribution >= 0.6 is 0 Å². The first kappa shape index (κ1) is 16.7. The summed E-state index contributed by atoms with van der Waals surface area (Å²) in [5.41, 5.74) is 0.990. The molecule has 1 rings (SSSR count). The Balaban J connectivity index is 2.49. The van der Waals surface area contributed by atoms with Crippen molar-refractivity contribution in [1.29, 1.82) is 0 Å². The van der Waals surface area contributed by atoms with Gasteiger partial charge in [-0.1, -0.05) is 30.3 Å². The Labute approximate surface area is 122 Å². The van der Waals surface area contributed by atoms with Gasteiger partial charge in [0.15, 0.2) is 0 Å². The second-order valence-electron chi connectivity index (χ2n) is 5.26. The minimum Gasteiger partial charge on any atom is -0.469 e. The molecular weight excluding hydrogens is 252 g/mol. The van der Waals surface area contributed by atoms with Crippen molar-refractivity contribution < 1.29 is 9.53 Å². The first-order valence-electron chi connectivity index (χ1n) is 7.10. The van der Waals surface area contributed by atoms with Gasteiger partial charge in [0.05, 0.1) is 13.0 Å². The molecule has 1 atom stereocenters. The highest BCUT2D eigenvalue weighted by Crippen LogP contribution is 2.16. The van der Waals surface area contributed by atoms with Crippen molar-refractivity contribution in [3.05, 3.63) is 35.9 Å². The highest BCUT2D eigenvalue weighted by atomic mass is 16.5. The molecule has 1 aromatic rings. The Hall–Kier alpha value is -1.39. The Bertz CT molecular complexity index is 393. The van der Waals surface area contributed by atoms with Crippen LogP contribution in [0, 0.1) is 0 Å². The van der Waals surface area contributed by atoms with Gasteiger partial charge in [-0.15, -0.1) is 0 Å². The number of carbonyl (C=O) groups is 1. The molecule has 1 aromatic carbocycles. The van der Waals surface area contributed by atoms with E-state index in [1.165, 1.54) is 7.11 Å². The number of nitrogens with one attached hydrogen (secondary N) is 1. The van der Waals surface area contributed by atoms with Crippen LogP contribution in [0.5, 0.6) is 0 Å². The molecule has 0 aromatic heterocycles. The molecule has 0 radical (unpaired) electrons. The summed E-state index contributed by atoms with van der Waals surface area (Å²) in [5.74, 6) is -0.438. The summed E-state index contributed by atoms with van der Waals surface area (Å²) in [6.07, 6.45) is 0. The lowest BCUT2D eigenvalue weighted by Crippen LogP contribution is -2.36. The van der Waals surface area contributed by atoms with Crippen molar-refractivity contribution in [2.24, 2.45) is 0 Å². The molecule has 4 heteroatoms. The molecule has 0 heterocycles. The molecule has 0 saturated carbocycles. The third-order valence-electron chi connectivity index (χ3n) is 3.56. The number of benzene rings is 1. The fraction of sp³-hybridized carbons (Fsp3) is 0.562. The number of likely N-dealkylation sites (N-methyl/N-ethyl adjacent to an activating group) is 1. The molecule has 0 fully saturated rings. The van der Waals surface area contributed by atoms with Crippen molar-refractivity contribution in [3.63, 3.8) is 0 Å². The zero-order valence-electron chi connectivity index (χ0n) is 12.9. The van der Waals surface area contributed by atoms with E-state index in [4.69, 9.17) is 4.74 Å². The molecular formula is C16H26N2O2. The van der Waals surface area contributed by atoms with Gasteiger partial charge in [-0.25, -0.2) is 0 Å². The number of methoxy groups -OCH3 is 1. The normalized spacial score (nSPS) is 12.7. The Morgan fingerprint density at radius 2 is 1.95 bits per heavy atom. The van der Waals surface area contributed by atoms with E-state index < -0.39 is 0 Å². The zero-order valence-corrected chi connectivity index (χ0v) is 12.9. The van der Waals surface area contributed by atoms with Gasteiger partial charge < -0.3 is 15.0 Å². The average molecular weight is 278 g/mol. The van der Waals surface area contributed by atoms with E-state index in [1.54, 1.807) is 0 Å². The third kappa shape index (κ3) is 5.31. The SMILES string of the molecule is COC(=O)C(CNCCN(C)C(C)C)c1ccccc1. The second-order valence-corrected chi connectivity index (χ2v) is 5.26. The van der Waals surface area contributed by atoms with E-state index in [1.807, 2.05) is 30.3 Å². The lowest BCUT2D eigenvalue weighted by atomic mass is 9.99. The highest BCUT2D eigenvalue weighted by Gasteiger charge is 2.20. The van der Waals surface area contributed by atoms with Crippen molar-refractivity contribution in [3.8, 4) is 0 Å². The molecule has 1 unspecified atom stereocenters. The fourth-order valence-electron chi connectivity index (χ4n) is 1.92. The van der Waals surface area contributed by atoms with Crippen molar-refractivity contribution in [1.82, 2.24) is 10.2 Å². The van der Waals surface area contributed by atoms with Crippen molar-refractivity contribution in [2.45, 2.75) is 25.8 Å². The Morgan fingerprint density at radius 3 is 2.50 bits per heavy atom. The molecule has 0 amide bonds. The maximum Gasteiger partial charge on any atom is 0.314 e. The van der Waals surface area contributed by atoms with Gasteiger partial charge >= 0.3 is 5.97 Å². The fourth-order valence-corrected chi connectivity index (χ4v) is 1.92. The van der Waals surface area contributed by atoms with Crippen LogP contribution in [0.4, 0.5) is 0 Å². The van der Waals surface area contributed by atoms with Gasteiger partial charge in [-0.3, -0.25) is 4.79 Å². The number of hydrogen-bond donors (Lipinski definition) is 1. The van der Waals surface area contributed by atoms with Crippen LogP contribution in [0.1, 0.15) is 25.3 Å². The maximum absolute atomic E-state index is 11.9. The summed E-state index contributed by atoms with van der Waals surface area (Å²) in [6.45, 7) is 6.75. The van der Waals surface area contributed by atoms with Gasteiger partial charge in [0.25, 0.3) is 0 Å². The summed E-state index contributed by atoms with van der Waals surface area (Å²) in [4.78, 5) is 14.1. The van der Waals surface area contributed by atoms with E-state index in [9.17, 15) is 4.79 Å². The van der Waals surface area contributed by atoms with Crippen LogP contribution in [0.2, 0.25) is 0 Å². The zero-order chi connectivity index (χ0) is 15.0. The molecule has 112 valence electrons. The van der Waals surface area contributed by atoms with Gasteiger partial charge in [0.2, 0.25) is 0 Å². The topological polar surface area (TPSA) is 41.6 Å². The smallest absolute Gasteiger partial charge is 0.314 e. The first-order valence-corrected chi connectivity index (χ1v) is 7.10. The summed E-state index contributed by atoms with van der Waals surface area (Å²) < 4.78 is 4.89. The van der Waals surface area contributed by atoms with Gasteiger partial charge in [-0.05, 0) is 26.5 Å². The summed E-state index contributed by atoms with van der Waals surface area (Å²) in [7, 11) is 3.53. The summed E-state index contributed by atoms with van der Waals surface area (Å²) in [6, 6.07) is 10.3. The molecule has 0 spiro atoms. The predicted molar refractivity (Wildman–Crippen MR) is 81.8 cm³/mol. The third-order valence-corrected chi connectivity index (χ3v) is 3.56. The van der Waals surface area contributed by atoms with Crippen molar-refractivity contribution >= 4 is 5.97 Å². The maximum atomic E-state index is 11.9. The first-order chi connectivity index (χ1) is 9.56. The van der Waals surface area contributed by atoms with Gasteiger partial charge in [0.1, 0.15) is 0 Å². The summed E-state index contributed by atoms with van der Waals surface area (Å²) >= 11 is 0. The van der Waals surface area contributed by atoms with Crippen molar-refractivity contribution in [2.75, 3.05) is 33.8 Å². The Kier molecular flexibility index (Phi) is 7.26. The minimum atomic E-state index is -0.245. The number of esters is 1. The van der Waals surface area contributed by atoms with Crippen LogP contribution in [0.25, 0.3) is 0 Å². The lowest BCUT2D eigenvalue weighted by Gasteiger charge is -2.22. The Morgan fingerprint density at radius 1 is 1.30 bits per heavy atom. The number of nitrogens with zero attached hydrogens (tertiary/aromatic N) is 1. The minimum absolute atomic E-state index is 0.194. The van der Waals surface area contributed by atoms with E-state index in [-0.39, 0.29) is 11.9 Å². The number of hydrogen-bond acceptors (Lipinski definition) is 4. The number of carbonyl (C=O) groups excluding carboxylic acids is 1. The molecule has 0 bridgehead atoms. The quantitative estimate of drug-likeness (QED) is 0.582. The predicted octanol–water partition coefficient (Wildman–Crippen LogP) is 1.87. The molecule has 0 aliphatic rings. The molecule has 20 heavy (non-hydrogen) atoms. The number of ether oxygens (including phenoxy) is 1. The number of rotatable bonds is 8. The van der Waals surface area contributed by atoms with E-state index in [0.29, 0.717) is 12.6 Å². The molecule has 4 nitrogen and oxygen atoms in total. The van der Waals surface area contributed by atoms with Gasteiger partial charge in [-0.2, -0.15) is 0 Å². The largest absolute Gasteiger partial charge is 0.469 e. The van der Waals surface area contributed by atoms with Crippen LogP contribution in [0.3, 0.4) is 0 Å². The van der Waals surface area contributed by atoms with Crippen LogP contribution in [-0.4, -0.2) is 50.7 Å². The summed E-state index contributed by atoms with van der Waals surface area (Å²) in [5, 5.41) is 3.34. The second kappa shape index (κ2) is 8.72. The van der Waals surface area contributed by atoms with E-state index >= 15 is 0 Å². The lowest BCUT2D eigenvalue weighted by molar-refractivity contribution is -0.142. The molecule has 1 N–H and O–H groups in total. The average Bonchev–Trinajstić information content (AvgIpc) is 2.47. The van der Waals surface area contributed by atoms with Crippen LogP contribution in [-0.2, 0) is 9.53 Å². The van der Waals surface area contributed by atoms with Crippen LogP contribution < -0.4 is 5.32 Å². The highest BCUT2D eigenvalue weighted by molar-refractivity contribution is 5.78. The standard InChI is InChI=1S/C16H26N2O2/c1-13(2)18(3)11-10-17-12-15(16(19)20-4)14-8-6-5-7-9-14/h5-9,13,15,17H,10-12H2,1-4H3. The van der Waals surface area contributed by atoms with Crippen LogP contribution in [0.15, 0.2) is 30.3 Å². The molecule has 0 aliphatic heterocycles. The van der Waals surface area contributed by atoms with E-state index in [2.05, 4.69) is 31.1 Å².